The van der Waals surface area contributed by atoms with Crippen molar-refractivity contribution in [3.63, 3.8) is 0 Å². The number of carbonyl (C=O) groups excluding carboxylic acids is 1. The average molecular weight is 459 g/mol. The molecule has 0 fully saturated rings. The summed E-state index contributed by atoms with van der Waals surface area (Å²) in [5, 5.41) is 8.86. The second-order valence-electron chi connectivity index (χ2n) is 7.94. The standard InChI is InChI=1S/C24H22N6O2S/c1-14-5-10-21(33-14)20-11-19(22-15(2)28-32-23(22)27-20)24(31)29(4)16(3)17-6-8-18(9-7-17)30-13-25-12-26-30/h5-13,16H,1-4H3. The fraction of sp³-hybridized carbons (Fsp3) is 0.208. The highest BCUT2D eigenvalue weighted by atomic mass is 32.1. The predicted molar refractivity (Wildman–Crippen MR) is 126 cm³/mol. The second-order valence-corrected chi connectivity index (χ2v) is 9.23. The van der Waals surface area contributed by atoms with Crippen LogP contribution in [-0.2, 0) is 0 Å². The molecule has 8 nitrogen and oxygen atoms in total. The van der Waals surface area contributed by atoms with Crippen molar-refractivity contribution in [3.8, 4) is 16.3 Å². The number of aromatic nitrogens is 5. The van der Waals surface area contributed by atoms with Crippen LogP contribution in [0.1, 0.15) is 39.5 Å². The first-order chi connectivity index (χ1) is 15.9. The third-order valence-electron chi connectivity index (χ3n) is 5.80. The van der Waals surface area contributed by atoms with Crippen molar-refractivity contribution in [2.45, 2.75) is 26.8 Å². The van der Waals surface area contributed by atoms with Gasteiger partial charge in [0, 0.05) is 11.9 Å². The van der Waals surface area contributed by atoms with Gasteiger partial charge in [-0.15, -0.1) is 11.3 Å². The topological polar surface area (TPSA) is 89.9 Å². The number of benzene rings is 1. The Morgan fingerprint density at radius 3 is 2.61 bits per heavy atom. The first-order valence-corrected chi connectivity index (χ1v) is 11.3. The molecule has 1 aromatic carbocycles. The van der Waals surface area contributed by atoms with Gasteiger partial charge >= 0.3 is 0 Å². The molecule has 1 atom stereocenters. The molecule has 5 aromatic rings. The molecule has 0 aliphatic rings. The van der Waals surface area contributed by atoms with E-state index in [0.717, 1.165) is 16.1 Å². The van der Waals surface area contributed by atoms with Crippen molar-refractivity contribution in [1.29, 1.82) is 0 Å². The zero-order valence-corrected chi connectivity index (χ0v) is 19.5. The van der Waals surface area contributed by atoms with Gasteiger partial charge in [-0.05, 0) is 56.7 Å². The average Bonchev–Trinajstić information content (AvgIpc) is 3.59. The molecule has 0 radical (unpaired) electrons. The van der Waals surface area contributed by atoms with Crippen LogP contribution < -0.4 is 0 Å². The zero-order chi connectivity index (χ0) is 23.1. The molecule has 0 spiro atoms. The number of amides is 1. The lowest BCUT2D eigenvalue weighted by atomic mass is 10.0. The van der Waals surface area contributed by atoms with Gasteiger partial charge in [-0.3, -0.25) is 4.79 Å². The number of nitrogens with zero attached hydrogens (tertiary/aromatic N) is 6. The first-order valence-electron chi connectivity index (χ1n) is 10.5. The third kappa shape index (κ3) is 3.80. The minimum absolute atomic E-state index is 0.115. The molecule has 9 heteroatoms. The van der Waals surface area contributed by atoms with E-state index < -0.39 is 0 Å². The lowest BCUT2D eigenvalue weighted by Crippen LogP contribution is -2.30. The number of pyridine rings is 1. The quantitative estimate of drug-likeness (QED) is 0.369. The van der Waals surface area contributed by atoms with Gasteiger partial charge in [-0.1, -0.05) is 17.3 Å². The van der Waals surface area contributed by atoms with Gasteiger partial charge in [0.25, 0.3) is 11.6 Å². The van der Waals surface area contributed by atoms with Crippen LogP contribution in [-0.4, -0.2) is 42.8 Å². The van der Waals surface area contributed by atoms with E-state index in [2.05, 4.69) is 20.2 Å². The Bertz CT molecular complexity index is 1440. The molecule has 1 amide bonds. The molecule has 0 aliphatic heterocycles. The predicted octanol–water partition coefficient (Wildman–Crippen LogP) is 4.98. The van der Waals surface area contributed by atoms with Crippen LogP contribution in [0, 0.1) is 13.8 Å². The summed E-state index contributed by atoms with van der Waals surface area (Å²) in [7, 11) is 1.81. The minimum atomic E-state index is -0.155. The molecule has 1 unspecified atom stereocenters. The Hall–Kier alpha value is -3.85. The monoisotopic (exact) mass is 458 g/mol. The molecular weight excluding hydrogens is 436 g/mol. The van der Waals surface area contributed by atoms with E-state index in [-0.39, 0.29) is 11.9 Å². The molecule has 4 heterocycles. The van der Waals surface area contributed by atoms with E-state index in [1.54, 1.807) is 27.2 Å². The van der Waals surface area contributed by atoms with Gasteiger partial charge in [0.2, 0.25) is 0 Å². The number of fused-ring (bicyclic) bond motifs is 1. The lowest BCUT2D eigenvalue weighted by Gasteiger charge is -2.26. The highest BCUT2D eigenvalue weighted by Crippen LogP contribution is 2.32. The normalized spacial score (nSPS) is 12.2. The lowest BCUT2D eigenvalue weighted by molar-refractivity contribution is 0.0744. The van der Waals surface area contributed by atoms with Gasteiger partial charge < -0.3 is 9.42 Å². The zero-order valence-electron chi connectivity index (χ0n) is 18.7. The summed E-state index contributed by atoms with van der Waals surface area (Å²) < 4.78 is 7.14. The third-order valence-corrected chi connectivity index (χ3v) is 6.82. The van der Waals surface area contributed by atoms with Gasteiger partial charge in [-0.2, -0.15) is 5.10 Å². The summed E-state index contributed by atoms with van der Waals surface area (Å²) in [4.78, 5) is 26.2. The maximum Gasteiger partial charge on any atom is 0.259 e. The van der Waals surface area contributed by atoms with E-state index in [1.165, 1.54) is 11.2 Å². The van der Waals surface area contributed by atoms with Gasteiger partial charge in [0.15, 0.2) is 0 Å². The maximum atomic E-state index is 13.7. The van der Waals surface area contributed by atoms with E-state index in [1.807, 2.05) is 70.3 Å². The molecule has 0 saturated heterocycles. The van der Waals surface area contributed by atoms with Crippen LogP contribution in [0.5, 0.6) is 0 Å². The largest absolute Gasteiger partial charge is 0.335 e. The van der Waals surface area contributed by atoms with Crippen molar-refractivity contribution in [1.82, 2.24) is 29.8 Å². The van der Waals surface area contributed by atoms with Crippen LogP contribution in [0.3, 0.4) is 0 Å². The Balaban J connectivity index is 1.49. The van der Waals surface area contributed by atoms with Crippen molar-refractivity contribution < 1.29 is 9.32 Å². The van der Waals surface area contributed by atoms with E-state index in [0.29, 0.717) is 28.1 Å². The van der Waals surface area contributed by atoms with Gasteiger partial charge in [-0.25, -0.2) is 14.6 Å². The summed E-state index contributed by atoms with van der Waals surface area (Å²) in [6, 6.07) is 13.7. The highest BCUT2D eigenvalue weighted by molar-refractivity contribution is 7.15. The summed E-state index contributed by atoms with van der Waals surface area (Å²) in [6.45, 7) is 5.87. The molecule has 4 aromatic heterocycles. The van der Waals surface area contributed by atoms with Crippen LogP contribution in [0.25, 0.3) is 27.4 Å². The van der Waals surface area contributed by atoms with E-state index >= 15 is 0 Å². The minimum Gasteiger partial charge on any atom is -0.335 e. The van der Waals surface area contributed by atoms with Crippen molar-refractivity contribution in [3.05, 3.63) is 76.8 Å². The van der Waals surface area contributed by atoms with E-state index in [4.69, 9.17) is 4.52 Å². The Labute approximate surface area is 194 Å². The second kappa shape index (κ2) is 8.25. The van der Waals surface area contributed by atoms with Crippen LogP contribution in [0.15, 0.2) is 59.6 Å². The number of aryl methyl sites for hydroxylation is 2. The first kappa shape index (κ1) is 21.0. The van der Waals surface area contributed by atoms with Crippen molar-refractivity contribution in [2.75, 3.05) is 7.05 Å². The van der Waals surface area contributed by atoms with Crippen molar-refractivity contribution >= 4 is 28.3 Å². The van der Waals surface area contributed by atoms with Crippen LogP contribution in [0.2, 0.25) is 0 Å². The molecule has 0 aliphatic carbocycles. The molecule has 5 rings (SSSR count). The molecule has 0 saturated carbocycles. The fourth-order valence-electron chi connectivity index (χ4n) is 3.80. The fourth-order valence-corrected chi connectivity index (χ4v) is 4.63. The van der Waals surface area contributed by atoms with Gasteiger partial charge in [0.05, 0.1) is 38.9 Å². The van der Waals surface area contributed by atoms with Crippen LogP contribution in [0.4, 0.5) is 0 Å². The summed E-state index contributed by atoms with van der Waals surface area (Å²) in [5.41, 5.74) is 4.18. The molecular formula is C24H22N6O2S. The smallest absolute Gasteiger partial charge is 0.259 e. The highest BCUT2D eigenvalue weighted by Gasteiger charge is 2.25. The SMILES string of the molecule is Cc1ccc(-c2cc(C(=O)N(C)C(C)c3ccc(-n4cncn4)cc3)c3c(C)noc3n2)s1. The summed E-state index contributed by atoms with van der Waals surface area (Å²) in [5.74, 6) is -0.115. The number of hydrogen-bond acceptors (Lipinski definition) is 7. The summed E-state index contributed by atoms with van der Waals surface area (Å²) in [6.07, 6.45) is 3.15. The van der Waals surface area contributed by atoms with Gasteiger partial charge in [0.1, 0.15) is 12.7 Å². The number of hydrogen-bond donors (Lipinski definition) is 0. The molecule has 33 heavy (non-hydrogen) atoms. The molecule has 166 valence electrons. The molecule has 0 bridgehead atoms. The number of rotatable bonds is 5. The Morgan fingerprint density at radius 2 is 1.94 bits per heavy atom. The Kier molecular flexibility index (Phi) is 5.26. The maximum absolute atomic E-state index is 13.7. The summed E-state index contributed by atoms with van der Waals surface area (Å²) >= 11 is 1.63. The number of thiophene rings is 1. The Morgan fingerprint density at radius 1 is 1.15 bits per heavy atom. The number of carbonyl (C=O) groups is 1. The van der Waals surface area contributed by atoms with E-state index in [9.17, 15) is 4.79 Å². The van der Waals surface area contributed by atoms with Crippen molar-refractivity contribution in [2.24, 2.45) is 0 Å². The molecule has 0 N–H and O–H groups in total. The van der Waals surface area contributed by atoms with Crippen LogP contribution >= 0.6 is 11.3 Å².